The van der Waals surface area contributed by atoms with E-state index in [1.165, 1.54) is 25.1 Å². The first kappa shape index (κ1) is 99.6. The van der Waals surface area contributed by atoms with Gasteiger partial charge < -0.3 is 50.9 Å². The lowest BCUT2D eigenvalue weighted by molar-refractivity contribution is -0.117. The molecule has 0 bridgehead atoms. The standard InChI is InChI=1S/C31H30N4O5S.C31H30N4O4S.C23H19N3O4S.C22H18BrFN2O4S/c1-22-15-26(33-40-22)17-27(36)21-41(37,38)30-20-35(29-8-3-2-7-28(29)30)19-23-5-4-6-24(16-23)25-9-10-31(32-18-25)34-11-13-39-14-12-34;1-22-15-26(33-39-22)17-27(36)21-40(37,38)30-20-35(29-10-3-2-9-28(29)30)19-23-7-6-8-24(16-23)25-11-12-31(32-18-25)34-13-4-5-14-34;1-16-9-19(25-30-16)11-20(27)15-31(28,29)23-14-26(22-8-3-2-7-21(22)23)13-18-6-4-5-17(10-18)12-24;1-14-8-16(25-30-14)10-17(27)13-31(28,29)22-12-26(21-5-3-2-4-18(21)22)11-15-6-7-20(24)19(23)9-15/h2-10,15-16,18,20H,11-14,17,19,21H2,1H3;2-3,6-12,15-16,18,20H,4-5,13-14,17,19,21H2,1H3;2-10,14H,11,13,15H2,1H3;2-9,12H,10-11,13H2,1H3. The molecule has 0 unspecified atom stereocenters. The van der Waals surface area contributed by atoms with Crippen molar-refractivity contribution in [3.63, 3.8) is 0 Å². The molecule has 20 rings (SSSR count). The molecule has 0 aliphatic carbocycles. The Morgan fingerprint density at radius 2 is 0.678 bits per heavy atom. The van der Waals surface area contributed by atoms with Crippen molar-refractivity contribution in [3.05, 3.63) is 358 Å². The molecule has 0 atom stereocenters. The number of rotatable bonds is 32. The summed E-state index contributed by atoms with van der Waals surface area (Å²) in [6, 6.07) is 74.1. The minimum absolute atomic E-state index is 0.0874. The third-order valence-corrected chi connectivity index (χ3v) is 31.6. The summed E-state index contributed by atoms with van der Waals surface area (Å²) in [5.41, 5.74) is 13.1. The van der Waals surface area contributed by atoms with E-state index in [4.69, 9.17) is 33.1 Å². The maximum absolute atomic E-state index is 13.6. The van der Waals surface area contributed by atoms with Crippen LogP contribution in [0.25, 0.3) is 65.9 Å². The molecule has 18 aromatic rings. The number of carbonyl (C=O) groups is 4. The number of nitriles is 1. The van der Waals surface area contributed by atoms with E-state index in [2.05, 4.69) is 93.8 Å². The van der Waals surface area contributed by atoms with Crippen LogP contribution in [-0.4, -0.2) is 168 Å². The highest BCUT2D eigenvalue weighted by Crippen LogP contribution is 2.36. The Bertz CT molecular complexity index is 8330. The molecular weight excluding hydrogens is 1970 g/mol. The van der Waals surface area contributed by atoms with Gasteiger partial charge >= 0.3 is 0 Å². The Hall–Kier alpha value is -15.0. The number of ether oxygens (including phenoxy) is 1. The molecule has 2 aliphatic rings. The van der Waals surface area contributed by atoms with Crippen molar-refractivity contribution in [2.75, 3.05) is 72.2 Å². The van der Waals surface area contributed by atoms with E-state index >= 15 is 0 Å². The first-order valence-electron chi connectivity index (χ1n) is 45.9. The van der Waals surface area contributed by atoms with Gasteiger partial charge in [0.15, 0.2) is 62.5 Å². The SMILES string of the molecule is Cc1cc(CC(=O)CS(=O)(=O)c2cn(Cc3ccc(F)c(Br)c3)c3ccccc23)no1.Cc1cc(CC(=O)CS(=O)(=O)c2cn(Cc3cccc(-c4ccc(N5CCCC5)nc4)c3)c3ccccc23)no1.Cc1cc(CC(=O)CS(=O)(=O)c2cn(Cc3cccc(-c4ccc(N5CCOCC5)nc4)c3)c3ccccc23)no1.Cc1cc(CC(=O)CS(=O)(=O)c2cn(Cc3cccc(C#N)c3)c3ccccc23)no1. The number of anilines is 2. The summed E-state index contributed by atoms with van der Waals surface area (Å²) in [4.78, 5) is 64.5. The van der Waals surface area contributed by atoms with Crippen LogP contribution in [0.15, 0.2) is 316 Å². The predicted octanol–water partition coefficient (Wildman–Crippen LogP) is 17.6. The molecule has 36 heteroatoms. The van der Waals surface area contributed by atoms with Crippen LogP contribution in [0, 0.1) is 44.8 Å². The van der Waals surface area contributed by atoms with Crippen molar-refractivity contribution < 1.29 is 80.1 Å². The summed E-state index contributed by atoms with van der Waals surface area (Å²) < 4.78 is 153. The van der Waals surface area contributed by atoms with Crippen molar-refractivity contribution >= 4 is 134 Å². The van der Waals surface area contributed by atoms with Gasteiger partial charge in [0, 0.05) is 169 Å². The number of hydrogen-bond donors (Lipinski definition) is 0. The van der Waals surface area contributed by atoms with Gasteiger partial charge in [0.2, 0.25) is 0 Å². The van der Waals surface area contributed by atoms with Crippen molar-refractivity contribution in [3.8, 4) is 28.3 Å². The highest BCUT2D eigenvalue weighted by molar-refractivity contribution is 9.10. The van der Waals surface area contributed by atoms with Gasteiger partial charge in [0.25, 0.3) is 0 Å². The number of hydrogen-bond acceptors (Lipinski definition) is 26. The fourth-order valence-corrected chi connectivity index (χ4v) is 24.0. The number of aromatic nitrogens is 10. The van der Waals surface area contributed by atoms with Gasteiger partial charge in [-0.15, -0.1) is 0 Å². The number of morpholine rings is 1. The van der Waals surface area contributed by atoms with Crippen molar-refractivity contribution in [2.24, 2.45) is 0 Å². The second-order valence-electron chi connectivity index (χ2n) is 35.2. The van der Waals surface area contributed by atoms with E-state index in [1.807, 2.05) is 123 Å². The quantitative estimate of drug-likeness (QED) is 0.0378. The Labute approximate surface area is 832 Å². The third kappa shape index (κ3) is 24.4. The molecule has 0 radical (unpaired) electrons. The monoisotopic (exact) mass is 2060 g/mol. The minimum atomic E-state index is -3.88. The van der Waals surface area contributed by atoms with Crippen LogP contribution in [0.5, 0.6) is 0 Å². The molecule has 2 fully saturated rings. The Morgan fingerprint density at radius 1 is 0.364 bits per heavy atom. The summed E-state index contributed by atoms with van der Waals surface area (Å²) in [6.45, 7) is 13.8. The maximum Gasteiger partial charge on any atom is 0.187 e. The third-order valence-electron chi connectivity index (χ3n) is 24.2. The number of ketones is 4. The van der Waals surface area contributed by atoms with E-state index in [0.29, 0.717) is 122 Å². The van der Waals surface area contributed by atoms with Crippen LogP contribution in [0.3, 0.4) is 0 Å². The molecule has 143 heavy (non-hydrogen) atoms. The lowest BCUT2D eigenvalue weighted by atomic mass is 10.0. The lowest BCUT2D eigenvalue weighted by Gasteiger charge is -2.27. The van der Waals surface area contributed by atoms with Crippen LogP contribution in [-0.2, 0) is 115 Å². The number of para-hydroxylation sites is 4. The highest BCUT2D eigenvalue weighted by atomic mass is 79.9. The number of pyridine rings is 2. The zero-order valence-electron chi connectivity index (χ0n) is 78.3. The predicted molar refractivity (Wildman–Crippen MR) is 541 cm³/mol. The number of sulfone groups is 4. The van der Waals surface area contributed by atoms with Gasteiger partial charge in [-0.2, -0.15) is 5.26 Å². The second kappa shape index (κ2) is 43.6. The number of benzene rings is 8. The molecule has 2 saturated heterocycles. The van der Waals surface area contributed by atoms with Crippen LogP contribution in [0.4, 0.5) is 16.0 Å². The van der Waals surface area contributed by atoms with Crippen molar-refractivity contribution in [2.45, 2.75) is 112 Å². The van der Waals surface area contributed by atoms with Crippen LogP contribution < -0.4 is 9.80 Å². The smallest absolute Gasteiger partial charge is 0.187 e. The second-order valence-corrected chi connectivity index (χ2v) is 43.9. The van der Waals surface area contributed by atoms with Gasteiger partial charge in [-0.1, -0.05) is 148 Å². The molecule has 0 saturated carbocycles. The highest BCUT2D eigenvalue weighted by Gasteiger charge is 2.32. The average Bonchev–Trinajstić information content (AvgIpc) is 1.63. The van der Waals surface area contributed by atoms with Gasteiger partial charge in [-0.05, 0) is 175 Å². The zero-order valence-corrected chi connectivity index (χ0v) is 83.1. The Kier molecular flexibility index (Phi) is 30.4. The summed E-state index contributed by atoms with van der Waals surface area (Å²) in [5.74, 6) is -0.365. The molecule has 2 aliphatic heterocycles. The zero-order chi connectivity index (χ0) is 100. The molecule has 0 N–H and O–H groups in total. The summed E-state index contributed by atoms with van der Waals surface area (Å²) in [7, 11) is -15.5. The maximum atomic E-state index is 13.6. The number of nitrogens with zero attached hydrogens (tertiary/aromatic N) is 13. The van der Waals surface area contributed by atoms with Crippen molar-refractivity contribution in [1.29, 1.82) is 5.26 Å². The fraction of sp³-hybridized carbons (Fsp3) is 0.224. The van der Waals surface area contributed by atoms with Crippen LogP contribution in [0.1, 0.15) is 86.5 Å². The number of fused-ring (bicyclic) bond motifs is 4. The number of carbonyl (C=O) groups excluding carboxylic acids is 4. The van der Waals surface area contributed by atoms with Crippen molar-refractivity contribution in [1.82, 2.24) is 48.9 Å². The van der Waals surface area contributed by atoms with Crippen LogP contribution >= 0.6 is 15.9 Å². The number of Topliss-reactive ketones (excluding diaryl/α,β-unsaturated/α-hetero) is 4. The topological polar surface area (TPSA) is 394 Å². The molecule has 0 amide bonds. The van der Waals surface area contributed by atoms with Gasteiger partial charge in [0.05, 0.1) is 97.4 Å². The largest absolute Gasteiger partial charge is 0.378 e. The lowest BCUT2D eigenvalue weighted by Crippen LogP contribution is -2.36. The average molecular weight is 2060 g/mol. The Morgan fingerprint density at radius 3 is 0.986 bits per heavy atom. The van der Waals surface area contributed by atoms with Crippen LogP contribution in [0.2, 0.25) is 0 Å². The minimum Gasteiger partial charge on any atom is -0.378 e. The van der Waals surface area contributed by atoms with E-state index < -0.39 is 85.5 Å². The molecule has 730 valence electrons. The first-order valence-corrected chi connectivity index (χ1v) is 53.3. The molecular formula is C107H97BrFN13O17S4. The van der Waals surface area contributed by atoms with Gasteiger partial charge in [0.1, 0.15) is 63.5 Å². The van der Waals surface area contributed by atoms with Gasteiger partial charge in [-0.25, -0.2) is 48.0 Å². The normalized spacial score (nSPS) is 12.9. The first-order chi connectivity index (χ1) is 68.8. The summed E-state index contributed by atoms with van der Waals surface area (Å²) >= 11 is 3.17. The Balaban J connectivity index is 0.000000132. The van der Waals surface area contributed by atoms with E-state index in [1.54, 1.807) is 148 Å². The molecule has 12 heterocycles. The molecule has 30 nitrogen and oxygen atoms in total. The summed E-state index contributed by atoms with van der Waals surface area (Å²) in [6.07, 6.45) is 12.2. The number of halogens is 2. The van der Waals surface area contributed by atoms with E-state index in [-0.39, 0.29) is 51.1 Å². The molecule has 10 aromatic heterocycles. The molecule has 8 aromatic carbocycles. The van der Waals surface area contributed by atoms with E-state index in [9.17, 15) is 57.2 Å². The number of aryl methyl sites for hydroxylation is 4. The summed E-state index contributed by atoms with van der Waals surface area (Å²) in [5, 5.41) is 26.5. The van der Waals surface area contributed by atoms with E-state index in [0.717, 1.165) is 98.9 Å². The van der Waals surface area contributed by atoms with Gasteiger partial charge in [-0.3, -0.25) is 19.2 Å². The molecule has 0 spiro atoms. The fourth-order valence-electron chi connectivity index (χ4n) is 17.6.